The molecule has 6 heteroatoms. The van der Waals surface area contributed by atoms with Gasteiger partial charge in [-0.25, -0.2) is 4.58 Å². The van der Waals surface area contributed by atoms with E-state index in [0.717, 1.165) is 21.9 Å². The van der Waals surface area contributed by atoms with Gasteiger partial charge in [0.25, 0.3) is 0 Å². The molecule has 1 unspecified atom stereocenters. The lowest BCUT2D eigenvalue weighted by atomic mass is 10.1. The third kappa shape index (κ3) is 3.35. The summed E-state index contributed by atoms with van der Waals surface area (Å²) in [6.45, 7) is 3.92. The molecule has 26 heavy (non-hydrogen) atoms. The van der Waals surface area contributed by atoms with Crippen LogP contribution in [0, 0.1) is 6.92 Å². The van der Waals surface area contributed by atoms with E-state index in [1.807, 2.05) is 68.9 Å². The zero-order chi connectivity index (χ0) is 18.9. The normalized spacial score (nSPS) is 13.9. The minimum absolute atomic E-state index is 0.0817. The molecule has 1 aliphatic carbocycles. The maximum absolute atomic E-state index is 13.7. The molecule has 0 aromatic heterocycles. The maximum Gasteiger partial charge on any atom is 0.235 e. The molecule has 1 heterocycles. The minimum atomic E-state index is -3.24. The molecule has 0 saturated heterocycles. The molecule has 1 aromatic rings. The molecule has 138 valence electrons. The number of aryl methyl sites for hydroxylation is 1. The van der Waals surface area contributed by atoms with Crippen molar-refractivity contribution in [3.05, 3.63) is 47.3 Å². The van der Waals surface area contributed by atoms with Crippen LogP contribution in [0.2, 0.25) is 0 Å². The Bertz CT molecular complexity index is 1020. The molecule has 1 atom stereocenters. The second-order valence-electron chi connectivity index (χ2n) is 6.56. The fourth-order valence-corrected chi connectivity index (χ4v) is 5.46. The Morgan fingerprint density at radius 3 is 2.62 bits per heavy atom. The molecule has 2 aliphatic rings. The van der Waals surface area contributed by atoms with Crippen molar-refractivity contribution < 1.29 is 18.6 Å². The number of benzene rings is 2. The van der Waals surface area contributed by atoms with Crippen LogP contribution in [-0.2, 0) is 9.09 Å². The molecule has 1 N–H and O–H groups in total. The monoisotopic (exact) mass is 374 g/mol. The number of nitrogens with zero attached hydrogens (tertiary/aromatic N) is 1. The number of fused-ring (bicyclic) bond motifs is 2. The van der Waals surface area contributed by atoms with Crippen LogP contribution in [0.1, 0.15) is 12.5 Å². The molecule has 3 rings (SSSR count). The first-order valence-electron chi connectivity index (χ1n) is 8.72. The first-order valence-corrected chi connectivity index (χ1v) is 10.5. The predicted molar refractivity (Wildman–Crippen MR) is 106 cm³/mol. The zero-order valence-corrected chi connectivity index (χ0v) is 16.5. The van der Waals surface area contributed by atoms with E-state index < -0.39 is 7.37 Å². The van der Waals surface area contributed by atoms with Crippen LogP contribution >= 0.6 is 7.37 Å². The second-order valence-corrected chi connectivity index (χ2v) is 9.06. The molecule has 0 amide bonds. The summed E-state index contributed by atoms with van der Waals surface area (Å²) in [5, 5.41) is 11.9. The summed E-state index contributed by atoms with van der Waals surface area (Å²) in [5.41, 5.74) is 2.49. The van der Waals surface area contributed by atoms with Gasteiger partial charge in [-0.1, -0.05) is 12.1 Å². The van der Waals surface area contributed by atoms with E-state index >= 15 is 0 Å². The van der Waals surface area contributed by atoms with E-state index in [2.05, 4.69) is 0 Å². The average Bonchev–Trinajstić information content (AvgIpc) is 2.59. The Kier molecular flexibility index (Phi) is 5.33. The Labute approximate surface area is 153 Å². The summed E-state index contributed by atoms with van der Waals surface area (Å²) in [6.07, 6.45) is 0.0817. The van der Waals surface area contributed by atoms with Crippen molar-refractivity contribution in [3.63, 3.8) is 0 Å². The van der Waals surface area contributed by atoms with Crippen LogP contribution in [0.15, 0.2) is 40.8 Å². The van der Waals surface area contributed by atoms with Crippen molar-refractivity contribution in [3.8, 4) is 11.3 Å². The number of aliphatic hydroxyl groups is 1. The van der Waals surface area contributed by atoms with Crippen molar-refractivity contribution in [2.45, 2.75) is 13.8 Å². The van der Waals surface area contributed by atoms with Gasteiger partial charge < -0.3 is 14.0 Å². The van der Waals surface area contributed by atoms with E-state index in [1.54, 1.807) is 0 Å². The summed E-state index contributed by atoms with van der Waals surface area (Å²) < 4.78 is 27.6. The van der Waals surface area contributed by atoms with Crippen molar-refractivity contribution in [1.29, 1.82) is 0 Å². The first-order chi connectivity index (χ1) is 12.4. The summed E-state index contributed by atoms with van der Waals surface area (Å²) in [5.74, 6) is 0.655. The van der Waals surface area contributed by atoms with Crippen molar-refractivity contribution in [2.24, 2.45) is 0 Å². The highest BCUT2D eigenvalue weighted by Gasteiger charge is 2.32. The van der Waals surface area contributed by atoms with Crippen molar-refractivity contribution in [2.75, 3.05) is 33.5 Å². The topological polar surface area (TPSA) is 62.7 Å². The molecule has 5 nitrogen and oxygen atoms in total. The Hall–Kier alpha value is -1.94. The highest BCUT2D eigenvalue weighted by atomic mass is 31.2. The Balaban J connectivity index is 2.48. The Morgan fingerprint density at radius 2 is 1.96 bits per heavy atom. The third-order valence-electron chi connectivity index (χ3n) is 4.42. The van der Waals surface area contributed by atoms with Crippen LogP contribution in [-0.4, -0.2) is 38.6 Å². The molecule has 1 aliphatic heterocycles. The van der Waals surface area contributed by atoms with Crippen molar-refractivity contribution in [1.82, 2.24) is 4.58 Å². The molecule has 1 aromatic carbocycles. The van der Waals surface area contributed by atoms with Crippen LogP contribution in [0.5, 0.6) is 0 Å². The zero-order valence-electron chi connectivity index (χ0n) is 15.7. The van der Waals surface area contributed by atoms with Gasteiger partial charge in [0, 0.05) is 17.0 Å². The Morgan fingerprint density at radius 1 is 1.19 bits per heavy atom. The highest BCUT2D eigenvalue weighted by Crippen LogP contribution is 2.50. The fourth-order valence-electron chi connectivity index (χ4n) is 3.19. The van der Waals surface area contributed by atoms with Crippen LogP contribution < -0.4 is 15.2 Å². The van der Waals surface area contributed by atoms with E-state index in [0.29, 0.717) is 23.3 Å². The summed E-state index contributed by atoms with van der Waals surface area (Å²) in [7, 11) is 0.685. The van der Waals surface area contributed by atoms with Gasteiger partial charge in [0.2, 0.25) is 12.7 Å². The van der Waals surface area contributed by atoms with Gasteiger partial charge in [-0.3, -0.25) is 4.57 Å². The van der Waals surface area contributed by atoms with Gasteiger partial charge in [0.05, 0.1) is 30.7 Å². The highest BCUT2D eigenvalue weighted by molar-refractivity contribution is 7.67. The minimum Gasteiger partial charge on any atom is -0.456 e. The first kappa shape index (κ1) is 18.8. The van der Waals surface area contributed by atoms with Gasteiger partial charge in [-0.15, -0.1) is 0 Å². The second kappa shape index (κ2) is 7.36. The lowest BCUT2D eigenvalue weighted by molar-refractivity contribution is 0.299. The van der Waals surface area contributed by atoms with E-state index in [9.17, 15) is 9.67 Å². The molecular formula is C20H25NO4P+. The SMILES string of the molecule is CCOP(=O)(CCO)c1c2ccc(=[N+](C)C)cc-2oc2cc(C)ccc12. The van der Waals surface area contributed by atoms with Gasteiger partial charge in [-0.2, -0.15) is 0 Å². The predicted octanol–water partition coefficient (Wildman–Crippen LogP) is 2.81. The number of hydrogen-bond acceptors (Lipinski definition) is 4. The van der Waals surface area contributed by atoms with Gasteiger partial charge in [-0.05, 0) is 31.5 Å². The van der Waals surface area contributed by atoms with Crippen LogP contribution in [0.25, 0.3) is 22.3 Å². The molecule has 0 radical (unpaired) electrons. The lowest BCUT2D eigenvalue weighted by Crippen LogP contribution is -2.23. The van der Waals surface area contributed by atoms with E-state index in [-0.39, 0.29) is 12.8 Å². The standard InChI is InChI=1S/C20H25NO4P/c1-5-24-26(23,11-10-22)20-16-8-6-14(2)12-18(16)25-19-13-15(21(3)4)7-9-17(19)20/h6-9,12-13,22H,5,10-11H2,1-4H3/q+1. The summed E-state index contributed by atoms with van der Waals surface area (Å²) >= 11 is 0. The number of hydrogen-bond donors (Lipinski definition) is 1. The summed E-state index contributed by atoms with van der Waals surface area (Å²) in [4.78, 5) is 0. The maximum atomic E-state index is 13.7. The quantitative estimate of drug-likeness (QED) is 0.424. The van der Waals surface area contributed by atoms with Gasteiger partial charge >= 0.3 is 0 Å². The van der Waals surface area contributed by atoms with E-state index in [4.69, 9.17) is 8.94 Å². The van der Waals surface area contributed by atoms with Crippen LogP contribution in [0.3, 0.4) is 0 Å². The molecule has 0 spiro atoms. The smallest absolute Gasteiger partial charge is 0.235 e. The molecule has 0 saturated carbocycles. The average molecular weight is 374 g/mol. The fraction of sp³-hybridized carbons (Fsp3) is 0.350. The number of rotatable bonds is 5. The number of aliphatic hydroxyl groups excluding tert-OH is 1. The van der Waals surface area contributed by atoms with Crippen molar-refractivity contribution >= 4 is 23.6 Å². The molecule has 0 bridgehead atoms. The lowest BCUT2D eigenvalue weighted by Gasteiger charge is -2.23. The van der Waals surface area contributed by atoms with Gasteiger partial charge in [0.15, 0.2) is 0 Å². The summed E-state index contributed by atoms with van der Waals surface area (Å²) in [6, 6.07) is 11.7. The van der Waals surface area contributed by atoms with E-state index in [1.165, 1.54) is 0 Å². The largest absolute Gasteiger partial charge is 0.456 e. The molecule has 0 fully saturated rings. The molecular weight excluding hydrogens is 349 g/mol. The van der Waals surface area contributed by atoms with Gasteiger partial charge in [0.1, 0.15) is 25.4 Å². The third-order valence-corrected chi connectivity index (χ3v) is 7.05. The van der Waals surface area contributed by atoms with Crippen LogP contribution in [0.4, 0.5) is 0 Å².